The number of fused-ring (bicyclic) bond motifs is 3. The molecule has 0 amide bonds. The third-order valence-electron chi connectivity index (χ3n) is 6.81. The Balaban J connectivity index is 1.53. The number of hydrogen-bond acceptors (Lipinski definition) is 3. The smallest absolute Gasteiger partial charge is 0.102 e. The number of hydrogen-bond donors (Lipinski definition) is 1. The van der Waals surface area contributed by atoms with E-state index in [0.29, 0.717) is 11.8 Å². The molecule has 4 heteroatoms. The summed E-state index contributed by atoms with van der Waals surface area (Å²) in [6.07, 6.45) is 5.76. The van der Waals surface area contributed by atoms with Gasteiger partial charge in [0.15, 0.2) is 0 Å². The standard InChI is InChI=1S/C24H29N3O/c1-2-28-24(22-12-7-13-23-21(22)14-25-26-23)19-10-6-11-20(24)17-27(16-19)15-18-8-4-3-5-9-18/h3-5,7-9,12-14,19-20H,2,6,10-11,15-17H2,1H3,(H,25,26). The number of aromatic nitrogens is 2. The summed E-state index contributed by atoms with van der Waals surface area (Å²) < 4.78 is 6.73. The van der Waals surface area contributed by atoms with Gasteiger partial charge in [-0.2, -0.15) is 5.10 Å². The summed E-state index contributed by atoms with van der Waals surface area (Å²) in [4.78, 5) is 2.65. The van der Waals surface area contributed by atoms with Crippen LogP contribution < -0.4 is 0 Å². The molecule has 28 heavy (non-hydrogen) atoms. The van der Waals surface area contributed by atoms with Crippen molar-refractivity contribution in [1.82, 2.24) is 15.1 Å². The summed E-state index contributed by atoms with van der Waals surface area (Å²) in [5.74, 6) is 1.04. The van der Waals surface area contributed by atoms with Gasteiger partial charge in [0.1, 0.15) is 5.60 Å². The van der Waals surface area contributed by atoms with E-state index >= 15 is 0 Å². The van der Waals surface area contributed by atoms with E-state index in [9.17, 15) is 0 Å². The number of aromatic amines is 1. The second-order valence-electron chi connectivity index (χ2n) is 8.37. The third-order valence-corrected chi connectivity index (χ3v) is 6.81. The first-order valence-corrected chi connectivity index (χ1v) is 10.6. The molecule has 4 nitrogen and oxygen atoms in total. The summed E-state index contributed by atoms with van der Waals surface area (Å²) in [5, 5.41) is 8.70. The van der Waals surface area contributed by atoms with Gasteiger partial charge in [0.05, 0.1) is 11.7 Å². The Bertz CT molecular complexity index is 921. The predicted octanol–water partition coefficient (Wildman–Crippen LogP) is 4.73. The maximum atomic E-state index is 6.73. The molecule has 0 radical (unpaired) electrons. The molecule has 2 atom stereocenters. The summed E-state index contributed by atoms with van der Waals surface area (Å²) in [6, 6.07) is 17.4. The molecule has 5 rings (SSSR count). The normalized spacial score (nSPS) is 27.9. The molecule has 1 saturated carbocycles. The first-order valence-electron chi connectivity index (χ1n) is 10.6. The lowest BCUT2D eigenvalue weighted by atomic mass is 9.62. The number of nitrogens with zero attached hydrogens (tertiary/aromatic N) is 2. The summed E-state index contributed by atoms with van der Waals surface area (Å²) in [5.41, 5.74) is 3.67. The number of piperidine rings is 1. The van der Waals surface area contributed by atoms with Crippen LogP contribution in [0.15, 0.2) is 54.7 Å². The van der Waals surface area contributed by atoms with E-state index in [1.807, 2.05) is 6.20 Å². The van der Waals surface area contributed by atoms with Gasteiger partial charge in [0.25, 0.3) is 0 Å². The Morgan fingerprint density at radius 2 is 1.86 bits per heavy atom. The molecule has 2 heterocycles. The Morgan fingerprint density at radius 3 is 2.61 bits per heavy atom. The fourth-order valence-corrected chi connectivity index (χ4v) is 5.80. The molecular formula is C24H29N3O. The van der Waals surface area contributed by atoms with Crippen molar-refractivity contribution in [3.63, 3.8) is 0 Å². The number of ether oxygens (including phenoxy) is 1. The molecule has 1 aliphatic carbocycles. The van der Waals surface area contributed by atoms with Crippen molar-refractivity contribution in [3.8, 4) is 0 Å². The van der Waals surface area contributed by atoms with Crippen LogP contribution in [0, 0.1) is 11.8 Å². The highest BCUT2D eigenvalue weighted by Crippen LogP contribution is 2.53. The maximum Gasteiger partial charge on any atom is 0.102 e. The topological polar surface area (TPSA) is 41.1 Å². The van der Waals surface area contributed by atoms with E-state index in [-0.39, 0.29) is 5.60 Å². The highest BCUT2D eigenvalue weighted by molar-refractivity contribution is 5.82. The summed E-state index contributed by atoms with van der Waals surface area (Å²) in [7, 11) is 0. The summed E-state index contributed by atoms with van der Waals surface area (Å²) in [6.45, 7) is 6.12. The van der Waals surface area contributed by atoms with Crippen molar-refractivity contribution in [2.45, 2.75) is 38.3 Å². The minimum Gasteiger partial charge on any atom is -0.370 e. The van der Waals surface area contributed by atoms with Crippen LogP contribution in [0.4, 0.5) is 0 Å². The lowest BCUT2D eigenvalue weighted by Crippen LogP contribution is -2.59. The van der Waals surface area contributed by atoms with Crippen LogP contribution in [-0.4, -0.2) is 34.8 Å². The van der Waals surface area contributed by atoms with Crippen LogP contribution in [0.5, 0.6) is 0 Å². The van der Waals surface area contributed by atoms with Crippen molar-refractivity contribution < 1.29 is 4.74 Å². The molecule has 1 aromatic heterocycles. The molecule has 2 aliphatic rings. The molecule has 0 spiro atoms. The maximum absolute atomic E-state index is 6.73. The van der Waals surface area contributed by atoms with Crippen LogP contribution in [0.3, 0.4) is 0 Å². The van der Waals surface area contributed by atoms with Gasteiger partial charge < -0.3 is 4.74 Å². The number of nitrogens with one attached hydrogen (secondary N) is 1. The van der Waals surface area contributed by atoms with Crippen LogP contribution in [0.25, 0.3) is 10.9 Å². The van der Waals surface area contributed by atoms with E-state index in [2.05, 4.69) is 70.6 Å². The minimum absolute atomic E-state index is 0.191. The molecule has 2 aromatic carbocycles. The Hall–Kier alpha value is -2.17. The van der Waals surface area contributed by atoms with Gasteiger partial charge in [-0.05, 0) is 37.0 Å². The Morgan fingerprint density at radius 1 is 1.07 bits per heavy atom. The molecule has 146 valence electrons. The van der Waals surface area contributed by atoms with Gasteiger partial charge in [-0.3, -0.25) is 10.00 Å². The average Bonchev–Trinajstić information content (AvgIpc) is 3.18. The number of rotatable bonds is 5. The fourth-order valence-electron chi connectivity index (χ4n) is 5.80. The molecule has 2 fully saturated rings. The predicted molar refractivity (Wildman–Crippen MR) is 112 cm³/mol. The van der Waals surface area contributed by atoms with E-state index < -0.39 is 0 Å². The van der Waals surface area contributed by atoms with Crippen LogP contribution >= 0.6 is 0 Å². The van der Waals surface area contributed by atoms with E-state index in [1.165, 1.54) is 35.8 Å². The van der Waals surface area contributed by atoms with E-state index in [0.717, 1.165) is 31.8 Å². The van der Waals surface area contributed by atoms with E-state index in [1.54, 1.807) is 0 Å². The third kappa shape index (κ3) is 2.87. The molecule has 1 saturated heterocycles. The Labute approximate surface area is 166 Å². The van der Waals surface area contributed by atoms with Gasteiger partial charge in [-0.25, -0.2) is 0 Å². The Kier molecular flexibility index (Phi) is 4.69. The highest BCUT2D eigenvalue weighted by atomic mass is 16.5. The molecule has 1 aliphatic heterocycles. The largest absolute Gasteiger partial charge is 0.370 e. The lowest BCUT2D eigenvalue weighted by molar-refractivity contribution is -0.183. The number of likely N-dealkylation sites (tertiary alicyclic amines) is 1. The second-order valence-corrected chi connectivity index (χ2v) is 8.37. The highest BCUT2D eigenvalue weighted by Gasteiger charge is 2.54. The first kappa shape index (κ1) is 17.9. The van der Waals surface area contributed by atoms with Crippen molar-refractivity contribution in [3.05, 3.63) is 65.9 Å². The fraction of sp³-hybridized carbons (Fsp3) is 0.458. The lowest BCUT2D eigenvalue weighted by Gasteiger charge is -2.56. The molecule has 2 bridgehead atoms. The van der Waals surface area contributed by atoms with Gasteiger partial charge >= 0.3 is 0 Å². The van der Waals surface area contributed by atoms with Crippen LogP contribution in [0.1, 0.15) is 37.3 Å². The first-order chi connectivity index (χ1) is 13.8. The summed E-state index contributed by atoms with van der Waals surface area (Å²) >= 11 is 0. The monoisotopic (exact) mass is 375 g/mol. The van der Waals surface area contributed by atoms with Crippen molar-refractivity contribution in [1.29, 1.82) is 0 Å². The quantitative estimate of drug-likeness (QED) is 0.701. The molecule has 3 aromatic rings. The van der Waals surface area contributed by atoms with Gasteiger partial charge in [-0.15, -0.1) is 0 Å². The number of benzene rings is 2. The molecule has 2 unspecified atom stereocenters. The van der Waals surface area contributed by atoms with Crippen molar-refractivity contribution >= 4 is 10.9 Å². The average molecular weight is 376 g/mol. The van der Waals surface area contributed by atoms with Crippen LogP contribution in [0.2, 0.25) is 0 Å². The zero-order valence-corrected chi connectivity index (χ0v) is 16.6. The second kappa shape index (κ2) is 7.34. The molecule has 1 N–H and O–H groups in total. The number of H-pyrrole nitrogens is 1. The van der Waals surface area contributed by atoms with Crippen molar-refractivity contribution in [2.75, 3.05) is 19.7 Å². The van der Waals surface area contributed by atoms with Gasteiger partial charge in [-0.1, -0.05) is 48.9 Å². The zero-order valence-electron chi connectivity index (χ0n) is 16.6. The zero-order chi connectivity index (χ0) is 19.0. The van der Waals surface area contributed by atoms with E-state index in [4.69, 9.17) is 4.74 Å². The molecular weight excluding hydrogens is 346 g/mol. The van der Waals surface area contributed by atoms with Crippen LogP contribution in [-0.2, 0) is 16.9 Å². The van der Waals surface area contributed by atoms with Gasteiger partial charge in [0, 0.05) is 43.5 Å². The SMILES string of the molecule is CCOC1(c2cccc3[nH]ncc23)C2CCCC1CN(Cc1ccccc1)C2. The minimum atomic E-state index is -0.191. The van der Waals surface area contributed by atoms with Gasteiger partial charge in [0.2, 0.25) is 0 Å². The van der Waals surface area contributed by atoms with Crippen molar-refractivity contribution in [2.24, 2.45) is 11.8 Å².